The summed E-state index contributed by atoms with van der Waals surface area (Å²) in [5.41, 5.74) is 3.01. The lowest BCUT2D eigenvalue weighted by atomic mass is 10.1. The third-order valence-corrected chi connectivity index (χ3v) is 4.34. The predicted molar refractivity (Wildman–Crippen MR) is 102 cm³/mol. The summed E-state index contributed by atoms with van der Waals surface area (Å²) in [5, 5.41) is 9.42. The van der Waals surface area contributed by atoms with E-state index in [1.54, 1.807) is 6.07 Å². The molecule has 0 aliphatic heterocycles. The van der Waals surface area contributed by atoms with Gasteiger partial charge in [0.1, 0.15) is 0 Å². The van der Waals surface area contributed by atoms with Gasteiger partial charge in [0.15, 0.2) is 0 Å². The minimum Gasteiger partial charge on any atom is -0.352 e. The van der Waals surface area contributed by atoms with E-state index in [0.717, 1.165) is 12.1 Å². The van der Waals surface area contributed by atoms with Crippen LogP contribution in [-0.2, 0) is 17.9 Å². The van der Waals surface area contributed by atoms with Gasteiger partial charge >= 0.3 is 0 Å². The Morgan fingerprint density at radius 3 is 2.40 bits per heavy atom. The van der Waals surface area contributed by atoms with Crippen molar-refractivity contribution in [2.45, 2.75) is 25.9 Å². The molecule has 0 fully saturated rings. The van der Waals surface area contributed by atoms with Gasteiger partial charge in [-0.05, 0) is 43.1 Å². The number of carbonyl (C=O) groups excluding carboxylic acids is 2. The van der Waals surface area contributed by atoms with Gasteiger partial charge in [-0.3, -0.25) is 9.59 Å². The number of carbonyl (C=O) groups is 2. The van der Waals surface area contributed by atoms with Gasteiger partial charge in [0, 0.05) is 37.0 Å². The van der Waals surface area contributed by atoms with E-state index in [1.165, 1.54) is 16.9 Å². The van der Waals surface area contributed by atoms with Crippen molar-refractivity contribution in [2.75, 3.05) is 20.6 Å². The van der Waals surface area contributed by atoms with Gasteiger partial charge in [0.2, 0.25) is 5.91 Å². The molecule has 25 heavy (non-hydrogen) atoms. The molecule has 1 aromatic carbocycles. The summed E-state index contributed by atoms with van der Waals surface area (Å²) in [6, 6.07) is 10.0. The number of benzene rings is 1. The van der Waals surface area contributed by atoms with Gasteiger partial charge in [0.25, 0.3) is 5.91 Å². The number of nitrogens with zero attached hydrogens (tertiary/aromatic N) is 1. The molecule has 2 N–H and O–H groups in total. The van der Waals surface area contributed by atoms with Crippen molar-refractivity contribution in [2.24, 2.45) is 0 Å². The van der Waals surface area contributed by atoms with Crippen LogP contribution in [-0.4, -0.2) is 37.4 Å². The molecule has 2 rings (SSSR count). The molecule has 134 valence electrons. The lowest BCUT2D eigenvalue weighted by Gasteiger charge is -2.10. The zero-order valence-electron chi connectivity index (χ0n) is 14.7. The van der Waals surface area contributed by atoms with Crippen molar-refractivity contribution in [1.82, 2.24) is 15.5 Å². The van der Waals surface area contributed by atoms with Crippen LogP contribution in [0, 0.1) is 0 Å². The molecular formula is C19H25N3O2S. The Hall–Kier alpha value is -2.18. The van der Waals surface area contributed by atoms with Crippen LogP contribution < -0.4 is 10.6 Å². The molecular weight excluding hydrogens is 334 g/mol. The molecule has 1 heterocycles. The van der Waals surface area contributed by atoms with Crippen molar-refractivity contribution >= 4 is 23.2 Å². The maximum absolute atomic E-state index is 11.9. The second-order valence-electron chi connectivity index (χ2n) is 6.20. The zero-order valence-corrected chi connectivity index (χ0v) is 15.6. The number of rotatable bonds is 9. The van der Waals surface area contributed by atoms with Gasteiger partial charge in [-0.1, -0.05) is 24.3 Å². The average molecular weight is 359 g/mol. The van der Waals surface area contributed by atoms with Crippen LogP contribution in [0.25, 0.3) is 0 Å². The van der Waals surface area contributed by atoms with Crippen LogP contribution in [0.15, 0.2) is 41.1 Å². The van der Waals surface area contributed by atoms with E-state index in [9.17, 15) is 9.59 Å². The number of thiophene rings is 1. The first-order chi connectivity index (χ1) is 12.0. The van der Waals surface area contributed by atoms with Gasteiger partial charge in [-0.25, -0.2) is 0 Å². The van der Waals surface area contributed by atoms with E-state index >= 15 is 0 Å². The molecule has 1 aromatic heterocycles. The van der Waals surface area contributed by atoms with Gasteiger partial charge in [-0.15, -0.1) is 0 Å². The lowest BCUT2D eigenvalue weighted by molar-refractivity contribution is -0.121. The summed E-state index contributed by atoms with van der Waals surface area (Å²) < 4.78 is 0. The van der Waals surface area contributed by atoms with E-state index in [0.29, 0.717) is 31.5 Å². The highest BCUT2D eigenvalue weighted by Gasteiger charge is 2.06. The quantitative estimate of drug-likeness (QED) is 0.677. The summed E-state index contributed by atoms with van der Waals surface area (Å²) in [5.74, 6) is -0.0818. The lowest BCUT2D eigenvalue weighted by Crippen LogP contribution is -2.27. The van der Waals surface area contributed by atoms with Crippen molar-refractivity contribution in [3.63, 3.8) is 0 Å². The molecule has 0 aliphatic carbocycles. The van der Waals surface area contributed by atoms with Crippen LogP contribution in [0.4, 0.5) is 0 Å². The maximum atomic E-state index is 11.9. The SMILES string of the molecule is CN(C)Cc1ccc(CNC(=O)CCCNC(=O)c2ccsc2)cc1. The van der Waals surface area contributed by atoms with E-state index < -0.39 is 0 Å². The molecule has 0 spiro atoms. The fourth-order valence-electron chi connectivity index (χ4n) is 2.36. The number of hydrogen-bond acceptors (Lipinski definition) is 4. The number of hydrogen-bond donors (Lipinski definition) is 2. The van der Waals surface area contributed by atoms with Crippen molar-refractivity contribution < 1.29 is 9.59 Å². The third-order valence-electron chi connectivity index (χ3n) is 3.66. The Balaban J connectivity index is 1.61. The Morgan fingerprint density at radius 2 is 1.76 bits per heavy atom. The first-order valence-electron chi connectivity index (χ1n) is 8.34. The Labute approximate surface area is 153 Å². The Morgan fingerprint density at radius 1 is 1.04 bits per heavy atom. The minimum absolute atomic E-state index is 0.00199. The first-order valence-corrected chi connectivity index (χ1v) is 9.28. The highest BCUT2D eigenvalue weighted by atomic mass is 32.1. The van der Waals surface area contributed by atoms with E-state index in [1.807, 2.05) is 37.0 Å². The summed E-state index contributed by atoms with van der Waals surface area (Å²) in [6.07, 6.45) is 1.03. The van der Waals surface area contributed by atoms with Crippen molar-refractivity contribution in [1.29, 1.82) is 0 Å². The highest BCUT2D eigenvalue weighted by molar-refractivity contribution is 7.08. The van der Waals surface area contributed by atoms with Gasteiger partial charge < -0.3 is 15.5 Å². The monoisotopic (exact) mass is 359 g/mol. The van der Waals surface area contributed by atoms with Crippen LogP contribution in [0.2, 0.25) is 0 Å². The van der Waals surface area contributed by atoms with Crippen molar-refractivity contribution in [3.05, 3.63) is 57.8 Å². The normalized spacial score (nSPS) is 10.7. The molecule has 5 nitrogen and oxygen atoms in total. The fraction of sp³-hybridized carbons (Fsp3) is 0.368. The topological polar surface area (TPSA) is 61.4 Å². The largest absolute Gasteiger partial charge is 0.352 e. The van der Waals surface area contributed by atoms with Gasteiger partial charge in [0.05, 0.1) is 0 Å². The predicted octanol–water partition coefficient (Wildman–Crippen LogP) is 2.64. The number of amides is 2. The van der Waals surface area contributed by atoms with E-state index in [-0.39, 0.29) is 11.8 Å². The van der Waals surface area contributed by atoms with Crippen molar-refractivity contribution in [3.8, 4) is 0 Å². The summed E-state index contributed by atoms with van der Waals surface area (Å²) >= 11 is 1.49. The van der Waals surface area contributed by atoms with Crippen LogP contribution in [0.5, 0.6) is 0 Å². The Kier molecular flexibility index (Phi) is 7.63. The summed E-state index contributed by atoms with van der Waals surface area (Å²) in [7, 11) is 4.08. The molecule has 0 bridgehead atoms. The molecule has 6 heteroatoms. The fourth-order valence-corrected chi connectivity index (χ4v) is 3.00. The maximum Gasteiger partial charge on any atom is 0.252 e. The second-order valence-corrected chi connectivity index (χ2v) is 6.98. The first kappa shape index (κ1) is 19.1. The standard InChI is InChI=1S/C19H25N3O2S/c1-22(2)13-16-7-5-15(6-8-16)12-21-18(23)4-3-10-20-19(24)17-9-11-25-14-17/h5-9,11,14H,3-4,10,12-13H2,1-2H3,(H,20,24)(H,21,23). The number of nitrogens with one attached hydrogen (secondary N) is 2. The molecule has 0 atom stereocenters. The van der Waals surface area contributed by atoms with E-state index in [2.05, 4.69) is 27.7 Å². The zero-order chi connectivity index (χ0) is 18.1. The Bertz CT molecular complexity index is 666. The molecule has 0 radical (unpaired) electrons. The molecule has 2 amide bonds. The molecule has 0 unspecified atom stereocenters. The van der Waals surface area contributed by atoms with Crippen LogP contribution in [0.1, 0.15) is 34.3 Å². The van der Waals surface area contributed by atoms with Crippen LogP contribution in [0.3, 0.4) is 0 Å². The van der Waals surface area contributed by atoms with Crippen LogP contribution >= 0.6 is 11.3 Å². The van der Waals surface area contributed by atoms with E-state index in [4.69, 9.17) is 0 Å². The third kappa shape index (κ3) is 7.07. The minimum atomic E-state index is -0.0838. The smallest absolute Gasteiger partial charge is 0.252 e. The molecule has 0 saturated heterocycles. The molecule has 2 aromatic rings. The van der Waals surface area contributed by atoms with Gasteiger partial charge in [-0.2, -0.15) is 11.3 Å². The highest BCUT2D eigenvalue weighted by Crippen LogP contribution is 2.07. The summed E-state index contributed by atoms with van der Waals surface area (Å²) in [6.45, 7) is 1.94. The second kappa shape index (κ2) is 9.96. The summed E-state index contributed by atoms with van der Waals surface area (Å²) in [4.78, 5) is 25.7. The molecule has 0 saturated carbocycles. The average Bonchev–Trinajstić information content (AvgIpc) is 3.12. The molecule has 0 aliphatic rings.